The van der Waals surface area contributed by atoms with Crippen molar-refractivity contribution in [1.29, 1.82) is 0 Å². The summed E-state index contributed by atoms with van der Waals surface area (Å²) in [6.45, 7) is 5.10. The van der Waals surface area contributed by atoms with Gasteiger partial charge >= 0.3 is 0 Å². The molecule has 1 unspecified atom stereocenters. The summed E-state index contributed by atoms with van der Waals surface area (Å²) >= 11 is 0. The molecule has 86 valence electrons. The smallest absolute Gasteiger partial charge is 0.133 e. The van der Waals surface area contributed by atoms with Gasteiger partial charge in [0, 0.05) is 31.0 Å². The monoisotopic (exact) mass is 217 g/mol. The lowest BCUT2D eigenvalue weighted by Gasteiger charge is -2.10. The van der Waals surface area contributed by atoms with E-state index in [1.807, 2.05) is 12.1 Å². The summed E-state index contributed by atoms with van der Waals surface area (Å²) in [5.74, 6) is 1.23. The lowest BCUT2D eigenvalue weighted by Crippen LogP contribution is -2.10. The van der Waals surface area contributed by atoms with Crippen LogP contribution in [0, 0.1) is 5.92 Å². The van der Waals surface area contributed by atoms with Crippen LogP contribution in [0.2, 0.25) is 0 Å². The van der Waals surface area contributed by atoms with E-state index in [1.165, 1.54) is 11.3 Å². The van der Waals surface area contributed by atoms with E-state index in [1.54, 1.807) is 0 Å². The van der Waals surface area contributed by atoms with Crippen molar-refractivity contribution in [2.24, 2.45) is 5.92 Å². The van der Waals surface area contributed by atoms with E-state index in [-0.39, 0.29) is 0 Å². The molecule has 0 amide bonds. The van der Waals surface area contributed by atoms with Crippen LogP contribution in [0.3, 0.4) is 0 Å². The lowest BCUT2D eigenvalue weighted by molar-refractivity contribution is -0.120. The highest BCUT2D eigenvalue weighted by Crippen LogP contribution is 2.33. The topological polar surface area (TPSA) is 29.1 Å². The van der Waals surface area contributed by atoms with Crippen molar-refractivity contribution in [3.63, 3.8) is 0 Å². The van der Waals surface area contributed by atoms with Crippen LogP contribution in [0.4, 0.5) is 5.69 Å². The molecule has 16 heavy (non-hydrogen) atoms. The zero-order chi connectivity index (χ0) is 11.5. The fourth-order valence-electron chi connectivity index (χ4n) is 2.35. The van der Waals surface area contributed by atoms with E-state index in [4.69, 9.17) is 0 Å². The normalized spacial score (nSPS) is 18.3. The Morgan fingerprint density at radius 2 is 2.19 bits per heavy atom. The van der Waals surface area contributed by atoms with E-state index in [9.17, 15) is 4.79 Å². The molecule has 2 nitrogen and oxygen atoms in total. The van der Waals surface area contributed by atoms with Gasteiger partial charge in [-0.25, -0.2) is 0 Å². The average Bonchev–Trinajstić information content (AvgIpc) is 2.61. The molecular weight excluding hydrogens is 198 g/mol. The van der Waals surface area contributed by atoms with Gasteiger partial charge in [-0.15, -0.1) is 0 Å². The molecule has 1 aromatic carbocycles. The van der Waals surface area contributed by atoms with Crippen LogP contribution in [0.5, 0.6) is 0 Å². The van der Waals surface area contributed by atoms with Gasteiger partial charge in [-0.1, -0.05) is 32.0 Å². The molecule has 0 saturated heterocycles. The molecule has 0 aliphatic carbocycles. The Morgan fingerprint density at radius 1 is 1.44 bits per heavy atom. The summed E-state index contributed by atoms with van der Waals surface area (Å²) in [7, 11) is 0. The molecule has 0 fully saturated rings. The molecule has 1 heterocycles. The molecule has 0 saturated carbocycles. The van der Waals surface area contributed by atoms with Crippen LogP contribution in [0.1, 0.15) is 38.2 Å². The van der Waals surface area contributed by atoms with E-state index >= 15 is 0 Å². The molecule has 1 aliphatic rings. The molecular formula is C14H19NO. The van der Waals surface area contributed by atoms with E-state index in [0.717, 1.165) is 6.54 Å². The van der Waals surface area contributed by atoms with Gasteiger partial charge in [0.25, 0.3) is 0 Å². The van der Waals surface area contributed by atoms with Crippen LogP contribution >= 0.6 is 0 Å². The molecule has 1 N–H and O–H groups in total. The van der Waals surface area contributed by atoms with E-state index in [2.05, 4.69) is 31.3 Å². The second kappa shape index (κ2) is 4.69. The maximum absolute atomic E-state index is 11.8. The Morgan fingerprint density at radius 3 is 2.94 bits per heavy atom. The lowest BCUT2D eigenvalue weighted by atomic mass is 9.93. The molecule has 2 rings (SSSR count). The second-order valence-corrected chi connectivity index (χ2v) is 5.01. The number of hydrogen-bond acceptors (Lipinski definition) is 2. The first-order valence-electron chi connectivity index (χ1n) is 6.01. The number of hydrogen-bond donors (Lipinski definition) is 1. The van der Waals surface area contributed by atoms with Crippen molar-refractivity contribution in [3.8, 4) is 0 Å². The summed E-state index contributed by atoms with van der Waals surface area (Å²) < 4.78 is 0. The van der Waals surface area contributed by atoms with Crippen molar-refractivity contribution < 1.29 is 4.79 Å². The first-order chi connectivity index (χ1) is 7.66. The van der Waals surface area contributed by atoms with Gasteiger partial charge < -0.3 is 5.32 Å². The summed E-state index contributed by atoms with van der Waals surface area (Å²) in [6, 6.07) is 8.29. The molecule has 0 radical (unpaired) electrons. The third kappa shape index (κ3) is 2.43. The van der Waals surface area contributed by atoms with Crippen molar-refractivity contribution in [1.82, 2.24) is 0 Å². The van der Waals surface area contributed by atoms with Gasteiger partial charge in [-0.2, -0.15) is 0 Å². The minimum atomic E-state index is 0.377. The zero-order valence-electron chi connectivity index (χ0n) is 9.99. The highest BCUT2D eigenvalue weighted by Gasteiger charge is 2.23. The van der Waals surface area contributed by atoms with Gasteiger partial charge in [-0.3, -0.25) is 4.79 Å². The minimum Gasteiger partial charge on any atom is -0.384 e. The number of benzene rings is 1. The highest BCUT2D eigenvalue weighted by molar-refractivity contribution is 5.80. The van der Waals surface area contributed by atoms with Gasteiger partial charge in [0.1, 0.15) is 5.78 Å². The molecule has 0 spiro atoms. The number of ketones is 1. The summed E-state index contributed by atoms with van der Waals surface area (Å²) in [6.07, 6.45) is 1.39. The van der Waals surface area contributed by atoms with Crippen LogP contribution in [-0.2, 0) is 4.79 Å². The molecule has 1 aliphatic heterocycles. The Labute approximate surface area is 97.1 Å². The van der Waals surface area contributed by atoms with Crippen molar-refractivity contribution in [3.05, 3.63) is 29.8 Å². The number of carbonyl (C=O) groups excluding carboxylic acids is 1. The molecule has 0 bridgehead atoms. The number of carbonyl (C=O) groups is 1. The minimum absolute atomic E-state index is 0.377. The number of fused-ring (bicyclic) bond motifs is 1. The summed E-state index contributed by atoms with van der Waals surface area (Å²) in [4.78, 5) is 11.8. The maximum Gasteiger partial charge on any atom is 0.133 e. The first kappa shape index (κ1) is 11.2. The van der Waals surface area contributed by atoms with Gasteiger partial charge in [0.2, 0.25) is 0 Å². The van der Waals surface area contributed by atoms with Crippen LogP contribution in [-0.4, -0.2) is 12.3 Å². The number of rotatable bonds is 4. The molecule has 0 aromatic heterocycles. The highest BCUT2D eigenvalue weighted by atomic mass is 16.1. The van der Waals surface area contributed by atoms with Crippen molar-refractivity contribution >= 4 is 11.5 Å². The van der Waals surface area contributed by atoms with Crippen LogP contribution in [0.15, 0.2) is 24.3 Å². The van der Waals surface area contributed by atoms with Crippen LogP contribution < -0.4 is 5.32 Å². The quantitative estimate of drug-likeness (QED) is 0.839. The number of para-hydroxylation sites is 1. The molecule has 1 atom stereocenters. The SMILES string of the molecule is CC(C)CC(=O)CC1CNc2ccccc21. The van der Waals surface area contributed by atoms with E-state index < -0.39 is 0 Å². The van der Waals surface area contributed by atoms with Crippen molar-refractivity contribution in [2.45, 2.75) is 32.6 Å². The fraction of sp³-hybridized carbons (Fsp3) is 0.500. The van der Waals surface area contributed by atoms with Crippen LogP contribution in [0.25, 0.3) is 0 Å². The third-order valence-corrected chi connectivity index (χ3v) is 3.05. The molecule has 1 aromatic rings. The average molecular weight is 217 g/mol. The Kier molecular flexibility index (Phi) is 3.28. The second-order valence-electron chi connectivity index (χ2n) is 5.01. The molecule has 2 heteroatoms. The number of nitrogens with one attached hydrogen (secondary N) is 1. The summed E-state index contributed by atoms with van der Waals surface area (Å²) in [5.41, 5.74) is 2.50. The van der Waals surface area contributed by atoms with Gasteiger partial charge in [0.15, 0.2) is 0 Å². The van der Waals surface area contributed by atoms with Gasteiger partial charge in [-0.05, 0) is 17.5 Å². The standard InChI is InChI=1S/C14H19NO/c1-10(2)7-12(16)8-11-9-15-14-6-4-3-5-13(11)14/h3-6,10-11,15H,7-9H2,1-2H3. The third-order valence-electron chi connectivity index (χ3n) is 3.05. The number of Topliss-reactive ketones (excluding diaryl/α,β-unsaturated/α-hetero) is 1. The zero-order valence-corrected chi connectivity index (χ0v) is 9.99. The Bertz CT molecular complexity index is 384. The predicted octanol–water partition coefficient (Wildman–Crippen LogP) is 3.20. The summed E-state index contributed by atoms with van der Waals surface area (Å²) in [5, 5.41) is 3.36. The maximum atomic E-state index is 11.8. The Balaban J connectivity index is 2.00. The number of anilines is 1. The first-order valence-corrected chi connectivity index (χ1v) is 6.01. The largest absolute Gasteiger partial charge is 0.384 e. The van der Waals surface area contributed by atoms with E-state index in [0.29, 0.717) is 30.5 Å². The van der Waals surface area contributed by atoms with Gasteiger partial charge in [0.05, 0.1) is 0 Å². The Hall–Kier alpha value is -1.31. The van der Waals surface area contributed by atoms with Crippen molar-refractivity contribution in [2.75, 3.05) is 11.9 Å². The fourth-order valence-corrected chi connectivity index (χ4v) is 2.35. The predicted molar refractivity (Wildman–Crippen MR) is 66.8 cm³/mol.